The molecule has 0 amide bonds. The van der Waals surface area contributed by atoms with Crippen molar-refractivity contribution in [1.82, 2.24) is 0 Å². The number of hydrogen-bond acceptors (Lipinski definition) is 2. The van der Waals surface area contributed by atoms with Crippen molar-refractivity contribution in [2.24, 2.45) is 0 Å². The van der Waals surface area contributed by atoms with Crippen molar-refractivity contribution >= 4 is 38.5 Å². The molecule has 0 aromatic heterocycles. The van der Waals surface area contributed by atoms with Gasteiger partial charge in [-0.1, -0.05) is 33.6 Å². The summed E-state index contributed by atoms with van der Waals surface area (Å²) in [7, 11) is 1.66. The van der Waals surface area contributed by atoms with Crippen molar-refractivity contribution in [3.8, 4) is 5.75 Å². The second-order valence-electron chi connectivity index (χ2n) is 4.70. The summed E-state index contributed by atoms with van der Waals surface area (Å²) in [5.74, 6) is 0.819. The summed E-state index contributed by atoms with van der Waals surface area (Å²) in [6.07, 6.45) is -0.00721. The van der Waals surface area contributed by atoms with Gasteiger partial charge in [0, 0.05) is 14.5 Å². The second-order valence-corrected chi connectivity index (χ2v) is 6.78. The van der Waals surface area contributed by atoms with Crippen molar-refractivity contribution in [2.45, 2.75) is 19.4 Å². The van der Waals surface area contributed by atoms with E-state index in [1.165, 1.54) is 0 Å². The SMILES string of the molecule is COc1ccc(C)cc1CC(O)c1cc(Br)ccc1I. The molecule has 2 rings (SSSR count). The largest absolute Gasteiger partial charge is 0.496 e. The lowest BCUT2D eigenvalue weighted by molar-refractivity contribution is 0.176. The molecule has 0 fully saturated rings. The van der Waals surface area contributed by atoms with Crippen LogP contribution in [-0.4, -0.2) is 12.2 Å². The minimum Gasteiger partial charge on any atom is -0.496 e. The maximum Gasteiger partial charge on any atom is 0.122 e. The zero-order valence-corrected chi connectivity index (χ0v) is 15.1. The highest BCUT2D eigenvalue weighted by atomic mass is 127. The van der Waals surface area contributed by atoms with E-state index in [0.29, 0.717) is 6.42 Å². The quantitative estimate of drug-likeness (QED) is 0.693. The van der Waals surface area contributed by atoms with Crippen molar-refractivity contribution in [1.29, 1.82) is 0 Å². The van der Waals surface area contributed by atoms with Gasteiger partial charge >= 0.3 is 0 Å². The number of halogens is 2. The van der Waals surface area contributed by atoms with Crippen molar-refractivity contribution in [2.75, 3.05) is 7.11 Å². The van der Waals surface area contributed by atoms with Crippen molar-refractivity contribution in [3.05, 3.63) is 61.1 Å². The van der Waals surface area contributed by atoms with E-state index in [-0.39, 0.29) is 0 Å². The van der Waals surface area contributed by atoms with Crippen molar-refractivity contribution < 1.29 is 9.84 Å². The number of methoxy groups -OCH3 is 1. The molecule has 2 nitrogen and oxygen atoms in total. The summed E-state index contributed by atoms with van der Waals surface area (Å²) >= 11 is 5.70. The van der Waals surface area contributed by atoms with Gasteiger partial charge in [0.15, 0.2) is 0 Å². The molecule has 0 heterocycles. The third kappa shape index (κ3) is 3.74. The van der Waals surface area contributed by atoms with Gasteiger partial charge in [0.05, 0.1) is 13.2 Å². The maximum absolute atomic E-state index is 10.5. The molecular weight excluding hydrogens is 431 g/mol. The number of rotatable bonds is 4. The predicted octanol–water partition coefficient (Wildman–Crippen LogP) is 4.65. The van der Waals surface area contributed by atoms with Crippen LogP contribution in [0, 0.1) is 10.5 Å². The van der Waals surface area contributed by atoms with E-state index < -0.39 is 6.10 Å². The van der Waals surface area contributed by atoms with Crippen LogP contribution >= 0.6 is 38.5 Å². The van der Waals surface area contributed by atoms with Crippen LogP contribution in [0.3, 0.4) is 0 Å². The number of aliphatic hydroxyl groups excluding tert-OH is 1. The van der Waals surface area contributed by atoms with Gasteiger partial charge in [-0.2, -0.15) is 0 Å². The minimum atomic E-state index is -0.546. The third-order valence-electron chi connectivity index (χ3n) is 3.17. The smallest absolute Gasteiger partial charge is 0.122 e. The number of hydrogen-bond donors (Lipinski definition) is 1. The zero-order chi connectivity index (χ0) is 14.7. The Morgan fingerprint density at radius 3 is 2.70 bits per heavy atom. The summed E-state index contributed by atoms with van der Waals surface area (Å²) < 4.78 is 7.40. The highest BCUT2D eigenvalue weighted by Gasteiger charge is 2.15. The first-order valence-corrected chi connectivity index (χ1v) is 8.15. The molecule has 1 atom stereocenters. The standard InChI is InChI=1S/C16H16BrIO2/c1-10-3-6-16(20-2)11(7-10)8-15(19)13-9-12(17)4-5-14(13)18/h3-7,9,15,19H,8H2,1-2H3. The fourth-order valence-electron chi connectivity index (χ4n) is 2.16. The zero-order valence-electron chi connectivity index (χ0n) is 11.4. The molecule has 0 aliphatic heterocycles. The molecule has 20 heavy (non-hydrogen) atoms. The van der Waals surface area contributed by atoms with E-state index in [9.17, 15) is 5.11 Å². The van der Waals surface area contributed by atoms with Gasteiger partial charge in [-0.15, -0.1) is 0 Å². The lowest BCUT2D eigenvalue weighted by Gasteiger charge is -2.16. The summed E-state index contributed by atoms with van der Waals surface area (Å²) in [6.45, 7) is 2.04. The monoisotopic (exact) mass is 446 g/mol. The Morgan fingerprint density at radius 2 is 2.00 bits per heavy atom. The molecule has 106 valence electrons. The van der Waals surface area contributed by atoms with Crippen LogP contribution in [0.2, 0.25) is 0 Å². The molecule has 1 N–H and O–H groups in total. The van der Waals surface area contributed by atoms with Crippen LogP contribution in [-0.2, 0) is 6.42 Å². The molecule has 1 unspecified atom stereocenters. The molecule has 2 aromatic carbocycles. The van der Waals surface area contributed by atoms with Gasteiger partial charge in [0.2, 0.25) is 0 Å². The van der Waals surface area contributed by atoms with E-state index in [1.807, 2.05) is 37.3 Å². The average molecular weight is 447 g/mol. The first kappa shape index (κ1) is 15.8. The molecule has 4 heteroatoms. The molecule has 0 aliphatic carbocycles. The maximum atomic E-state index is 10.5. The average Bonchev–Trinajstić information content (AvgIpc) is 2.41. The number of ether oxygens (including phenoxy) is 1. The highest BCUT2D eigenvalue weighted by molar-refractivity contribution is 14.1. The predicted molar refractivity (Wildman–Crippen MR) is 93.3 cm³/mol. The number of aliphatic hydroxyl groups is 1. The molecule has 0 bridgehead atoms. The van der Waals surface area contributed by atoms with Crippen LogP contribution in [0.5, 0.6) is 5.75 Å². The number of aryl methyl sites for hydroxylation is 1. The second kappa shape index (κ2) is 6.91. The van der Waals surface area contributed by atoms with Gasteiger partial charge in [-0.05, 0) is 64.9 Å². The Morgan fingerprint density at radius 1 is 1.25 bits per heavy atom. The van der Waals surface area contributed by atoms with Gasteiger partial charge < -0.3 is 9.84 Å². The lowest BCUT2D eigenvalue weighted by Crippen LogP contribution is -2.05. The van der Waals surface area contributed by atoms with E-state index >= 15 is 0 Å². The summed E-state index contributed by atoms with van der Waals surface area (Å²) in [4.78, 5) is 0. The van der Waals surface area contributed by atoms with Crippen LogP contribution in [0.15, 0.2) is 40.9 Å². The fourth-order valence-corrected chi connectivity index (χ4v) is 3.23. The third-order valence-corrected chi connectivity index (χ3v) is 4.64. The molecule has 0 spiro atoms. The van der Waals surface area contributed by atoms with Gasteiger partial charge in [-0.25, -0.2) is 0 Å². The molecular formula is C16H16BrIO2. The van der Waals surface area contributed by atoms with Gasteiger partial charge in [-0.3, -0.25) is 0 Å². The Kier molecular flexibility index (Phi) is 5.46. The van der Waals surface area contributed by atoms with Gasteiger partial charge in [0.25, 0.3) is 0 Å². The Bertz CT molecular complexity index is 613. The molecule has 0 saturated carbocycles. The first-order chi connectivity index (χ1) is 9.51. The fraction of sp³-hybridized carbons (Fsp3) is 0.250. The Balaban J connectivity index is 2.29. The van der Waals surface area contributed by atoms with Gasteiger partial charge in [0.1, 0.15) is 5.75 Å². The van der Waals surface area contributed by atoms with Crippen molar-refractivity contribution in [3.63, 3.8) is 0 Å². The normalized spacial score (nSPS) is 12.2. The van der Waals surface area contributed by atoms with Crippen LogP contribution in [0.4, 0.5) is 0 Å². The minimum absolute atomic E-state index is 0.539. The molecule has 0 aliphatic rings. The molecule has 0 saturated heterocycles. The first-order valence-electron chi connectivity index (χ1n) is 6.28. The van der Waals surface area contributed by atoms with Crippen LogP contribution in [0.1, 0.15) is 22.8 Å². The van der Waals surface area contributed by atoms with E-state index in [1.54, 1.807) is 7.11 Å². The topological polar surface area (TPSA) is 29.5 Å². The van der Waals surface area contributed by atoms with E-state index in [4.69, 9.17) is 4.74 Å². The van der Waals surface area contributed by atoms with Crippen LogP contribution in [0.25, 0.3) is 0 Å². The highest BCUT2D eigenvalue weighted by Crippen LogP contribution is 2.29. The lowest BCUT2D eigenvalue weighted by atomic mass is 9.99. The van der Waals surface area contributed by atoms with E-state index in [0.717, 1.165) is 30.5 Å². The van der Waals surface area contributed by atoms with E-state index in [2.05, 4.69) is 44.6 Å². The molecule has 0 radical (unpaired) electrons. The number of benzene rings is 2. The summed E-state index contributed by atoms with van der Waals surface area (Å²) in [6, 6.07) is 12.0. The van der Waals surface area contributed by atoms with Crippen LogP contribution < -0.4 is 4.74 Å². The summed E-state index contributed by atoms with van der Waals surface area (Å²) in [5.41, 5.74) is 3.12. The summed E-state index contributed by atoms with van der Waals surface area (Å²) in [5, 5.41) is 10.5. The Hall–Kier alpha value is -0.590. The Labute approximate surface area is 141 Å². The molecule has 2 aromatic rings.